The van der Waals surface area contributed by atoms with Gasteiger partial charge in [0.15, 0.2) is 0 Å². The summed E-state index contributed by atoms with van der Waals surface area (Å²) in [5.74, 6) is -0.452. The van der Waals surface area contributed by atoms with Crippen molar-refractivity contribution in [3.63, 3.8) is 0 Å². The number of aliphatic hydroxyl groups excluding tert-OH is 2. The summed E-state index contributed by atoms with van der Waals surface area (Å²) in [6.45, 7) is 0.114. The van der Waals surface area contributed by atoms with Crippen LogP contribution in [0, 0.1) is 0 Å². The average molecular weight is 542 g/mol. The first-order valence-electron chi connectivity index (χ1n) is 11.6. The smallest absolute Gasteiger partial charge is 0.255 e. The number of nitrogens with two attached hydrogens (primary N) is 1. The van der Waals surface area contributed by atoms with Gasteiger partial charge in [0.2, 0.25) is 5.91 Å². The number of carbonyl (C=O) groups is 2. The Balaban J connectivity index is 0.00000380. The highest BCUT2D eigenvalue weighted by atomic mass is 32.1. The molecule has 9 nitrogen and oxygen atoms in total. The molecule has 0 saturated heterocycles. The lowest BCUT2D eigenvalue weighted by Crippen LogP contribution is -2.42. The summed E-state index contributed by atoms with van der Waals surface area (Å²) < 4.78 is 0. The Morgan fingerprint density at radius 2 is 1.89 bits per heavy atom. The lowest BCUT2D eigenvalue weighted by Gasteiger charge is -2.10. The molecule has 11 heteroatoms. The van der Waals surface area contributed by atoms with Gasteiger partial charge in [0.1, 0.15) is 0 Å². The van der Waals surface area contributed by atoms with Crippen molar-refractivity contribution in [1.29, 1.82) is 0 Å². The standard InChI is InChI=1S/C26H29N5O4S.H2S/c27-22(13-24-28-8-9-36-24)26(35)29-7-1-2-20-11-18-10-16(4-6-23(18)30-20)25(34)31-21-5-3-17(14-32)19(12-21)15-33;/h3-6,8-12,22,30,32-33H,1-2,7,13-15,27H2,(H,29,35)(H,31,34);1H2/t22-;/m0./s1. The van der Waals surface area contributed by atoms with E-state index in [2.05, 4.69) is 20.6 Å². The number of nitrogens with zero attached hydrogens (tertiary/aromatic N) is 1. The number of benzene rings is 2. The second-order valence-electron chi connectivity index (χ2n) is 8.48. The maximum atomic E-state index is 12.8. The number of H-pyrrole nitrogens is 1. The molecule has 0 radical (unpaired) electrons. The third-order valence-corrected chi connectivity index (χ3v) is 6.68. The zero-order chi connectivity index (χ0) is 25.5. The zero-order valence-corrected chi connectivity index (χ0v) is 22.0. The van der Waals surface area contributed by atoms with Crippen LogP contribution in [0.4, 0.5) is 5.69 Å². The first kappa shape index (κ1) is 28.4. The highest BCUT2D eigenvalue weighted by molar-refractivity contribution is 7.59. The SMILES string of the molecule is N[C@@H](Cc1nccs1)C(=O)NCCCc1cc2cc(C(=O)Nc3ccc(CO)c(CO)c3)ccc2[nH]1.S. The van der Waals surface area contributed by atoms with E-state index in [9.17, 15) is 19.8 Å². The van der Waals surface area contributed by atoms with Gasteiger partial charge >= 0.3 is 0 Å². The van der Waals surface area contributed by atoms with Crippen LogP contribution in [0.2, 0.25) is 0 Å². The van der Waals surface area contributed by atoms with Crippen LogP contribution in [-0.4, -0.2) is 44.6 Å². The molecule has 0 unspecified atom stereocenters. The fraction of sp³-hybridized carbons (Fsp3) is 0.269. The van der Waals surface area contributed by atoms with Crippen LogP contribution in [0.3, 0.4) is 0 Å². The highest BCUT2D eigenvalue weighted by Gasteiger charge is 2.15. The molecular formula is C26H31N5O4S2. The van der Waals surface area contributed by atoms with Crippen LogP contribution < -0.4 is 16.4 Å². The van der Waals surface area contributed by atoms with Gasteiger partial charge in [0.05, 0.1) is 24.3 Å². The lowest BCUT2D eigenvalue weighted by atomic mass is 10.1. The predicted molar refractivity (Wildman–Crippen MR) is 150 cm³/mol. The molecule has 1 atom stereocenters. The molecular weight excluding hydrogens is 510 g/mol. The van der Waals surface area contributed by atoms with Gasteiger partial charge in [-0.25, -0.2) is 4.98 Å². The normalized spacial score (nSPS) is 11.6. The number of amides is 2. The largest absolute Gasteiger partial charge is 0.392 e. The summed E-state index contributed by atoms with van der Waals surface area (Å²) in [5.41, 5.74) is 10.1. The van der Waals surface area contributed by atoms with Crippen molar-refractivity contribution in [3.8, 4) is 0 Å². The maximum absolute atomic E-state index is 12.8. The van der Waals surface area contributed by atoms with Gasteiger partial charge in [0.25, 0.3) is 5.91 Å². The van der Waals surface area contributed by atoms with Crippen molar-refractivity contribution in [3.05, 3.63) is 81.4 Å². The Labute approximate surface area is 225 Å². The molecule has 0 aliphatic rings. The second kappa shape index (κ2) is 13.4. The van der Waals surface area contributed by atoms with E-state index in [-0.39, 0.29) is 38.5 Å². The minimum Gasteiger partial charge on any atom is -0.392 e. The van der Waals surface area contributed by atoms with E-state index in [4.69, 9.17) is 5.73 Å². The summed E-state index contributed by atoms with van der Waals surface area (Å²) in [5, 5.41) is 28.1. The molecule has 7 N–H and O–H groups in total. The third kappa shape index (κ3) is 7.40. The molecule has 0 fully saturated rings. The van der Waals surface area contributed by atoms with Crippen LogP contribution in [0.25, 0.3) is 10.9 Å². The van der Waals surface area contributed by atoms with Gasteiger partial charge < -0.3 is 31.6 Å². The van der Waals surface area contributed by atoms with E-state index < -0.39 is 6.04 Å². The third-order valence-electron chi connectivity index (χ3n) is 5.88. The molecule has 0 saturated carbocycles. The number of rotatable bonds is 11. The van der Waals surface area contributed by atoms with Crippen molar-refractivity contribution in [2.45, 2.75) is 38.5 Å². The number of nitrogens with one attached hydrogen (secondary N) is 3. The molecule has 196 valence electrons. The number of aromatic nitrogens is 2. The number of hydrogen-bond acceptors (Lipinski definition) is 7. The van der Waals surface area contributed by atoms with Crippen LogP contribution in [0.15, 0.2) is 54.0 Å². The monoisotopic (exact) mass is 541 g/mol. The molecule has 0 aliphatic heterocycles. The van der Waals surface area contributed by atoms with E-state index >= 15 is 0 Å². The van der Waals surface area contributed by atoms with E-state index in [0.29, 0.717) is 35.3 Å². The first-order valence-corrected chi connectivity index (χ1v) is 12.5. The quantitative estimate of drug-likeness (QED) is 0.161. The van der Waals surface area contributed by atoms with Crippen LogP contribution >= 0.6 is 24.8 Å². The van der Waals surface area contributed by atoms with Crippen molar-refractivity contribution >= 4 is 53.2 Å². The van der Waals surface area contributed by atoms with E-state index in [0.717, 1.165) is 34.4 Å². The summed E-state index contributed by atoms with van der Waals surface area (Å²) in [4.78, 5) is 32.5. The van der Waals surface area contributed by atoms with E-state index in [1.165, 1.54) is 11.3 Å². The van der Waals surface area contributed by atoms with Gasteiger partial charge in [-0.3, -0.25) is 9.59 Å². The summed E-state index contributed by atoms with van der Waals surface area (Å²) in [6.07, 6.45) is 3.61. The number of thiazole rings is 1. The van der Waals surface area contributed by atoms with Gasteiger partial charge in [-0.2, -0.15) is 13.5 Å². The number of aryl methyl sites for hydroxylation is 1. The Kier molecular flexibility index (Phi) is 10.2. The van der Waals surface area contributed by atoms with Gasteiger partial charge in [-0.15, -0.1) is 11.3 Å². The van der Waals surface area contributed by atoms with Crippen LogP contribution in [0.1, 0.15) is 38.6 Å². The van der Waals surface area contributed by atoms with Crippen LogP contribution in [0.5, 0.6) is 0 Å². The van der Waals surface area contributed by atoms with Gasteiger partial charge in [0, 0.05) is 52.4 Å². The van der Waals surface area contributed by atoms with Gasteiger partial charge in [-0.05, 0) is 60.4 Å². The number of aliphatic hydroxyl groups is 2. The summed E-state index contributed by atoms with van der Waals surface area (Å²) >= 11 is 1.48. The molecule has 0 spiro atoms. The Hall–Kier alpha value is -3.22. The summed E-state index contributed by atoms with van der Waals surface area (Å²) in [7, 11) is 0. The molecule has 0 aliphatic carbocycles. The molecule has 2 aromatic carbocycles. The molecule has 4 rings (SSSR count). The fourth-order valence-electron chi connectivity index (χ4n) is 3.93. The van der Waals surface area contributed by atoms with E-state index in [1.54, 1.807) is 30.5 Å². The minimum absolute atomic E-state index is 0. The molecule has 2 heterocycles. The maximum Gasteiger partial charge on any atom is 0.255 e. The Bertz CT molecular complexity index is 1340. The lowest BCUT2D eigenvalue weighted by molar-refractivity contribution is -0.122. The zero-order valence-electron chi connectivity index (χ0n) is 20.2. The number of aromatic amines is 1. The van der Waals surface area contributed by atoms with Crippen molar-refractivity contribution in [2.24, 2.45) is 5.73 Å². The molecule has 37 heavy (non-hydrogen) atoms. The number of fused-ring (bicyclic) bond motifs is 1. The second-order valence-corrected chi connectivity index (χ2v) is 9.46. The first-order chi connectivity index (χ1) is 17.5. The minimum atomic E-state index is -0.614. The van der Waals surface area contributed by atoms with E-state index in [1.807, 2.05) is 23.6 Å². The highest BCUT2D eigenvalue weighted by Crippen LogP contribution is 2.21. The number of anilines is 1. The average Bonchev–Trinajstić information content (AvgIpc) is 3.55. The fourth-order valence-corrected chi connectivity index (χ4v) is 4.61. The van der Waals surface area contributed by atoms with Crippen LogP contribution in [-0.2, 0) is 30.8 Å². The Morgan fingerprint density at radius 3 is 2.62 bits per heavy atom. The number of hydrogen-bond donors (Lipinski definition) is 6. The Morgan fingerprint density at radius 1 is 1.08 bits per heavy atom. The molecule has 2 aromatic heterocycles. The topological polar surface area (TPSA) is 153 Å². The predicted octanol–water partition coefficient (Wildman–Crippen LogP) is 2.59. The van der Waals surface area contributed by atoms with Crippen molar-refractivity contribution < 1.29 is 19.8 Å². The van der Waals surface area contributed by atoms with Gasteiger partial charge in [-0.1, -0.05) is 6.07 Å². The molecule has 4 aromatic rings. The molecule has 2 amide bonds. The van der Waals surface area contributed by atoms with Crippen molar-refractivity contribution in [2.75, 3.05) is 11.9 Å². The summed E-state index contributed by atoms with van der Waals surface area (Å²) in [6, 6.07) is 11.8. The van der Waals surface area contributed by atoms with Crippen molar-refractivity contribution in [1.82, 2.24) is 15.3 Å². The molecule has 0 bridgehead atoms. The number of carbonyl (C=O) groups excluding carboxylic acids is 2.